The lowest BCUT2D eigenvalue weighted by Crippen LogP contribution is -2.27. The summed E-state index contributed by atoms with van der Waals surface area (Å²) >= 11 is 18.9. The highest BCUT2D eigenvalue weighted by Gasteiger charge is 2.38. The summed E-state index contributed by atoms with van der Waals surface area (Å²) in [5, 5.41) is 10.8. The third kappa shape index (κ3) is 11.4. The van der Waals surface area contributed by atoms with Crippen molar-refractivity contribution in [1.82, 2.24) is 19.1 Å². The van der Waals surface area contributed by atoms with Gasteiger partial charge in [-0.2, -0.15) is 0 Å². The number of nitrogens with zero attached hydrogens (tertiary/aromatic N) is 11. The number of carbonyl (C=O) groups excluding carboxylic acids is 4. The third-order valence-electron chi connectivity index (χ3n) is 15.6. The second-order valence-electron chi connectivity index (χ2n) is 21.1. The monoisotopic (exact) mass is 1250 g/mol. The number of fused-ring (bicyclic) bond motifs is 5. The number of aliphatic imine (C=N–C) groups is 1. The van der Waals surface area contributed by atoms with Crippen molar-refractivity contribution in [2.75, 3.05) is 57.7 Å². The minimum absolute atomic E-state index is 0.0587. The van der Waals surface area contributed by atoms with Crippen molar-refractivity contribution in [3.05, 3.63) is 267 Å². The molecule has 4 aliphatic rings. The number of carboxylic acid groups (broad SMARTS) is 1. The number of carbonyl (C=O) groups is 5. The van der Waals surface area contributed by atoms with E-state index in [-0.39, 0.29) is 23.3 Å². The molecule has 0 saturated carbocycles. The van der Waals surface area contributed by atoms with Gasteiger partial charge < -0.3 is 33.7 Å². The van der Waals surface area contributed by atoms with Crippen molar-refractivity contribution in [2.45, 2.75) is 19.5 Å². The number of para-hydroxylation sites is 3. The molecule has 448 valence electrons. The molecule has 18 nitrogen and oxygen atoms in total. The zero-order valence-corrected chi connectivity index (χ0v) is 51.0. The predicted octanol–water partition coefficient (Wildman–Crippen LogP) is 14.9. The van der Waals surface area contributed by atoms with Gasteiger partial charge in [0.2, 0.25) is 0 Å². The van der Waals surface area contributed by atoms with Crippen LogP contribution in [-0.2, 0) is 22.6 Å². The van der Waals surface area contributed by atoms with E-state index in [1.54, 1.807) is 98.8 Å². The van der Waals surface area contributed by atoms with E-state index in [0.717, 1.165) is 45.3 Å². The fourth-order valence-corrected chi connectivity index (χ4v) is 11.7. The number of amides is 3. The average molecular weight is 1260 g/mol. The number of hydrogen-bond donors (Lipinski definition) is 1. The van der Waals surface area contributed by atoms with E-state index >= 15 is 0 Å². The highest BCUT2D eigenvalue weighted by Crippen LogP contribution is 2.47. The maximum Gasteiger partial charge on any atom is 0.337 e. The SMILES string of the molecule is CN1C2=C(CC=N2)C(=O)N(c2ccccc2)c2cc(Cl)ccc21.CN1c2ccc(Cl)cc2N(c2ccccc2)C(=O)c2c1ncn2Cc1ccc(C(=O)O)cc1.COC(=O)c1ccc(Cn2cnc3c2C(=O)N(c2ccccc2)c2cc(Cl)ccc2N3C)cc1. The highest BCUT2D eigenvalue weighted by atomic mass is 35.5. The molecule has 0 spiro atoms. The smallest absolute Gasteiger partial charge is 0.337 e. The molecular weight excluding hydrogens is 1200 g/mol. The van der Waals surface area contributed by atoms with E-state index in [2.05, 4.69) is 15.0 Å². The standard InChI is InChI=1S/C26H21ClN4O3.C25H19ClN4O3.C18H14ClN3O/c1-29-21-13-12-19(27)14-22(21)31(20-6-4-3-5-7-20)25(32)23-24(29)28-16-30(23)15-17-8-10-18(11-9-17)26(33)34-2;1-28-20-12-11-18(26)13-21(20)30(19-5-3-2-4-6-19)24(31)22-23(28)27-15-29(22)14-16-7-9-17(10-8-16)25(32)33;1-21-15-8-7-12(19)11-16(15)22(13-5-3-2-4-6-13)18(23)14-9-10-20-17(14)21/h3-14,16H,15H2,1-2H3;2-13,15H,14H2,1H3,(H,32,33);2-8,10-11H,9H2,1H3. The van der Waals surface area contributed by atoms with E-state index in [1.165, 1.54) is 7.11 Å². The lowest BCUT2D eigenvalue weighted by atomic mass is 10.1. The van der Waals surface area contributed by atoms with Crippen LogP contribution in [0.25, 0.3) is 0 Å². The van der Waals surface area contributed by atoms with Crippen LogP contribution in [0.4, 0.5) is 62.8 Å². The van der Waals surface area contributed by atoms with E-state index < -0.39 is 11.9 Å². The summed E-state index contributed by atoms with van der Waals surface area (Å²) in [6.07, 6.45) is 5.62. The number of rotatable bonds is 9. The Labute approximate surface area is 532 Å². The Morgan fingerprint density at radius 3 is 1.24 bits per heavy atom. The molecule has 21 heteroatoms. The third-order valence-corrected chi connectivity index (χ3v) is 16.3. The molecule has 0 fully saturated rings. The molecule has 0 bridgehead atoms. The maximum atomic E-state index is 14.0. The Kier molecular flexibility index (Phi) is 16.6. The van der Waals surface area contributed by atoms with Gasteiger partial charge in [-0.1, -0.05) is 114 Å². The Morgan fingerprint density at radius 1 is 0.478 bits per heavy atom. The van der Waals surface area contributed by atoms with Crippen LogP contribution in [0.1, 0.15) is 59.2 Å². The summed E-state index contributed by atoms with van der Waals surface area (Å²) in [7, 11) is 7.03. The number of benzene rings is 8. The normalized spacial score (nSPS) is 13.7. The summed E-state index contributed by atoms with van der Waals surface area (Å²) in [5.74, 6) is -0.0862. The Hall–Kier alpha value is -10.8. The first-order valence-corrected chi connectivity index (χ1v) is 29.4. The van der Waals surface area contributed by atoms with E-state index in [1.807, 2.05) is 174 Å². The van der Waals surface area contributed by atoms with Crippen LogP contribution < -0.4 is 29.4 Å². The highest BCUT2D eigenvalue weighted by molar-refractivity contribution is 6.32. The van der Waals surface area contributed by atoms with Crippen LogP contribution in [0, 0.1) is 0 Å². The molecule has 2 aromatic heterocycles. The molecule has 3 amide bonds. The Morgan fingerprint density at radius 2 is 0.856 bits per heavy atom. The molecule has 6 heterocycles. The number of hydrogen-bond acceptors (Lipinski definition) is 12. The molecule has 90 heavy (non-hydrogen) atoms. The number of esters is 1. The largest absolute Gasteiger partial charge is 0.478 e. The van der Waals surface area contributed by atoms with Crippen LogP contribution in [0.3, 0.4) is 0 Å². The summed E-state index contributed by atoms with van der Waals surface area (Å²) < 4.78 is 8.38. The van der Waals surface area contributed by atoms with Crippen molar-refractivity contribution in [2.24, 2.45) is 4.99 Å². The summed E-state index contributed by atoms with van der Waals surface area (Å²) in [6, 6.07) is 58.6. The molecule has 0 unspecified atom stereocenters. The topological polar surface area (TPSA) is 182 Å². The van der Waals surface area contributed by atoms with Gasteiger partial charge in [-0.3, -0.25) is 29.1 Å². The number of methoxy groups -OCH3 is 1. The molecule has 10 aromatic rings. The zero-order chi connectivity index (χ0) is 62.9. The second kappa shape index (κ2) is 25.1. The molecular formula is C69H54Cl3N11O7. The number of carboxylic acids is 1. The van der Waals surface area contributed by atoms with Crippen LogP contribution in [0.5, 0.6) is 0 Å². The number of halogens is 3. The van der Waals surface area contributed by atoms with Gasteiger partial charge in [0.1, 0.15) is 5.82 Å². The van der Waals surface area contributed by atoms with Gasteiger partial charge in [0, 0.05) is 79.0 Å². The first kappa shape index (κ1) is 59.5. The first-order valence-electron chi connectivity index (χ1n) is 28.2. The van der Waals surface area contributed by atoms with E-state index in [9.17, 15) is 24.0 Å². The van der Waals surface area contributed by atoms with Crippen LogP contribution in [-0.4, -0.2) is 88.3 Å². The van der Waals surface area contributed by atoms with E-state index in [4.69, 9.17) is 44.6 Å². The number of ether oxygens (including phenoxy) is 1. The van der Waals surface area contributed by atoms with Gasteiger partial charge in [-0.05, 0) is 126 Å². The molecule has 14 rings (SSSR count). The fraction of sp³-hybridized carbons (Fsp3) is 0.101. The number of imidazole rings is 2. The first-order chi connectivity index (χ1) is 43.6. The van der Waals surface area contributed by atoms with Gasteiger partial charge in [0.05, 0.1) is 70.6 Å². The van der Waals surface area contributed by atoms with Crippen molar-refractivity contribution in [3.63, 3.8) is 0 Å². The molecule has 0 aliphatic carbocycles. The van der Waals surface area contributed by atoms with Crippen molar-refractivity contribution >= 4 is 133 Å². The van der Waals surface area contributed by atoms with E-state index in [0.29, 0.717) is 91.6 Å². The molecule has 0 atom stereocenters. The number of aromatic nitrogens is 4. The molecule has 4 aliphatic heterocycles. The Balaban J connectivity index is 0.000000133. The second-order valence-corrected chi connectivity index (χ2v) is 22.4. The predicted molar refractivity (Wildman–Crippen MR) is 352 cm³/mol. The number of aromatic carboxylic acids is 1. The zero-order valence-electron chi connectivity index (χ0n) is 48.8. The van der Waals surface area contributed by atoms with Crippen LogP contribution in [0.2, 0.25) is 15.1 Å². The molecule has 1 N–H and O–H groups in total. The van der Waals surface area contributed by atoms with Crippen LogP contribution >= 0.6 is 34.8 Å². The van der Waals surface area contributed by atoms with Crippen molar-refractivity contribution < 1.29 is 33.8 Å². The number of anilines is 11. The summed E-state index contributed by atoms with van der Waals surface area (Å²) in [6.45, 7) is 0.768. The Bertz CT molecular complexity index is 4500. The minimum Gasteiger partial charge on any atom is -0.478 e. The van der Waals surface area contributed by atoms with Crippen LogP contribution in [0.15, 0.2) is 223 Å². The maximum absolute atomic E-state index is 14.0. The minimum atomic E-state index is -0.982. The van der Waals surface area contributed by atoms with Gasteiger partial charge >= 0.3 is 11.9 Å². The average Bonchev–Trinajstić information content (AvgIpc) is 1.63. The fourth-order valence-electron chi connectivity index (χ4n) is 11.2. The van der Waals surface area contributed by atoms with Gasteiger partial charge in [0.15, 0.2) is 23.0 Å². The summed E-state index contributed by atoms with van der Waals surface area (Å²) in [4.78, 5) is 88.4. The van der Waals surface area contributed by atoms with Crippen molar-refractivity contribution in [1.29, 1.82) is 0 Å². The lowest BCUT2D eigenvalue weighted by molar-refractivity contribution is -0.114. The summed E-state index contributed by atoms with van der Waals surface area (Å²) in [5.41, 5.74) is 10.9. The van der Waals surface area contributed by atoms with Gasteiger partial charge in [-0.15, -0.1) is 0 Å². The molecule has 0 saturated heterocycles. The molecule has 8 aromatic carbocycles. The van der Waals surface area contributed by atoms with Gasteiger partial charge in [-0.25, -0.2) is 24.5 Å². The quantitative estimate of drug-likeness (QED) is 0.135. The lowest BCUT2D eigenvalue weighted by Gasteiger charge is -2.25. The van der Waals surface area contributed by atoms with Crippen molar-refractivity contribution in [3.8, 4) is 0 Å². The van der Waals surface area contributed by atoms with Gasteiger partial charge in [0.25, 0.3) is 17.7 Å². The molecule has 0 radical (unpaired) electrons.